The third kappa shape index (κ3) is 5.44. The van der Waals surface area contributed by atoms with E-state index in [2.05, 4.69) is 26.6 Å². The topological polar surface area (TPSA) is 102 Å². The van der Waals surface area contributed by atoms with Gasteiger partial charge in [-0.15, -0.1) is 0 Å². The van der Waals surface area contributed by atoms with Crippen molar-refractivity contribution in [2.75, 3.05) is 11.9 Å². The van der Waals surface area contributed by atoms with Crippen LogP contribution in [0.4, 0.5) is 10.5 Å². The summed E-state index contributed by atoms with van der Waals surface area (Å²) in [6.45, 7) is 1.97. The van der Waals surface area contributed by atoms with E-state index in [0.29, 0.717) is 22.1 Å². The van der Waals surface area contributed by atoms with Crippen molar-refractivity contribution in [1.29, 1.82) is 5.26 Å². The summed E-state index contributed by atoms with van der Waals surface area (Å²) in [7, 11) is 0. The van der Waals surface area contributed by atoms with Crippen LogP contribution in [-0.4, -0.2) is 23.7 Å². The smallest absolute Gasteiger partial charge is 0.319 e. The van der Waals surface area contributed by atoms with Crippen LogP contribution >= 0.6 is 15.9 Å². The number of rotatable bonds is 6. The minimum atomic E-state index is -0.920. The van der Waals surface area contributed by atoms with Gasteiger partial charge in [0.25, 0.3) is 0 Å². The zero-order valence-corrected chi connectivity index (χ0v) is 13.1. The minimum absolute atomic E-state index is 0.0723. The lowest BCUT2D eigenvalue weighted by atomic mass is 10.0. The van der Waals surface area contributed by atoms with Gasteiger partial charge in [-0.05, 0) is 40.5 Å². The number of carbonyl (C=O) groups excluding carboxylic acids is 1. The summed E-state index contributed by atoms with van der Waals surface area (Å²) in [6, 6.07) is 6.28. The molecule has 0 saturated heterocycles. The van der Waals surface area contributed by atoms with Crippen molar-refractivity contribution >= 4 is 33.6 Å². The summed E-state index contributed by atoms with van der Waals surface area (Å²) >= 11 is 3.26. The highest BCUT2D eigenvalue weighted by atomic mass is 79.9. The van der Waals surface area contributed by atoms with Gasteiger partial charge >= 0.3 is 12.0 Å². The lowest BCUT2D eigenvalue weighted by Gasteiger charge is -2.13. The Morgan fingerprint density at radius 2 is 2.19 bits per heavy atom. The van der Waals surface area contributed by atoms with Gasteiger partial charge in [-0.2, -0.15) is 5.26 Å². The van der Waals surface area contributed by atoms with Gasteiger partial charge < -0.3 is 15.7 Å². The number of nitrogens with one attached hydrogen (secondary N) is 2. The molecule has 0 bridgehead atoms. The van der Waals surface area contributed by atoms with Crippen LogP contribution in [0.5, 0.6) is 0 Å². The van der Waals surface area contributed by atoms with E-state index < -0.39 is 17.9 Å². The van der Waals surface area contributed by atoms with Gasteiger partial charge in [-0.3, -0.25) is 4.79 Å². The molecule has 2 amide bonds. The maximum absolute atomic E-state index is 11.7. The number of carbonyl (C=O) groups is 2. The number of aliphatic carboxylic acids is 1. The molecule has 112 valence electrons. The van der Waals surface area contributed by atoms with Crippen molar-refractivity contribution in [3.8, 4) is 6.07 Å². The highest BCUT2D eigenvalue weighted by Crippen LogP contribution is 2.23. The first-order chi connectivity index (χ1) is 9.97. The zero-order chi connectivity index (χ0) is 15.8. The number of carboxylic acids is 1. The first-order valence-corrected chi connectivity index (χ1v) is 7.24. The number of nitriles is 1. The Bertz CT molecular complexity index is 569. The molecule has 0 saturated carbocycles. The molecule has 0 radical (unpaired) electrons. The lowest BCUT2D eigenvalue weighted by molar-refractivity contribution is -0.141. The van der Waals surface area contributed by atoms with E-state index >= 15 is 0 Å². The number of amides is 2. The Morgan fingerprint density at radius 3 is 2.71 bits per heavy atom. The molecule has 0 fully saturated rings. The third-order valence-corrected chi connectivity index (χ3v) is 3.50. The van der Waals surface area contributed by atoms with Crippen molar-refractivity contribution in [3.63, 3.8) is 0 Å². The van der Waals surface area contributed by atoms with E-state index in [-0.39, 0.29) is 6.54 Å². The Labute approximate surface area is 131 Å². The van der Waals surface area contributed by atoms with Gasteiger partial charge in [0.2, 0.25) is 0 Å². The van der Waals surface area contributed by atoms with E-state index in [9.17, 15) is 9.59 Å². The molecule has 1 unspecified atom stereocenters. The van der Waals surface area contributed by atoms with Crippen LogP contribution < -0.4 is 10.6 Å². The summed E-state index contributed by atoms with van der Waals surface area (Å²) in [5.41, 5.74) is 0.982. The molecular weight excluding hydrogens is 338 g/mol. The molecule has 6 nitrogen and oxygen atoms in total. The second kappa shape index (κ2) is 8.27. The summed E-state index contributed by atoms with van der Waals surface area (Å²) < 4.78 is 0.583. The second-order valence-electron chi connectivity index (χ2n) is 4.47. The van der Waals surface area contributed by atoms with Gasteiger partial charge in [-0.25, -0.2) is 4.79 Å². The Hall–Kier alpha value is -2.07. The molecule has 3 N–H and O–H groups in total. The normalized spacial score (nSPS) is 11.3. The maximum atomic E-state index is 11.7. The molecule has 0 aliphatic rings. The molecular formula is C14H16BrN3O3. The van der Waals surface area contributed by atoms with E-state index in [1.807, 2.05) is 13.0 Å². The lowest BCUT2D eigenvalue weighted by Crippen LogP contribution is -2.35. The molecule has 0 aromatic heterocycles. The highest BCUT2D eigenvalue weighted by Gasteiger charge is 2.17. The van der Waals surface area contributed by atoms with Crippen molar-refractivity contribution in [2.45, 2.75) is 19.8 Å². The summed E-state index contributed by atoms with van der Waals surface area (Å²) in [6.07, 6.45) is 1.25. The molecule has 1 aromatic rings. The number of nitrogens with zero attached hydrogens (tertiary/aromatic N) is 1. The van der Waals surface area contributed by atoms with E-state index in [1.165, 1.54) is 0 Å². The quantitative estimate of drug-likeness (QED) is 0.731. The van der Waals surface area contributed by atoms with E-state index in [1.54, 1.807) is 18.2 Å². The second-order valence-corrected chi connectivity index (χ2v) is 5.32. The van der Waals surface area contributed by atoms with Crippen LogP contribution in [0.3, 0.4) is 0 Å². The fourth-order valence-corrected chi connectivity index (χ4v) is 2.21. The molecule has 0 heterocycles. The molecule has 7 heteroatoms. The van der Waals surface area contributed by atoms with Gasteiger partial charge in [0.15, 0.2) is 0 Å². The average molecular weight is 354 g/mol. The van der Waals surface area contributed by atoms with Gasteiger partial charge in [0, 0.05) is 11.0 Å². The molecule has 1 atom stereocenters. The largest absolute Gasteiger partial charge is 0.481 e. The molecule has 0 spiro atoms. The fourth-order valence-electron chi connectivity index (χ4n) is 1.73. The van der Waals surface area contributed by atoms with Crippen LogP contribution in [0.2, 0.25) is 0 Å². The fraction of sp³-hybridized carbons (Fsp3) is 0.357. The van der Waals surface area contributed by atoms with Crippen LogP contribution in [0, 0.1) is 17.2 Å². The van der Waals surface area contributed by atoms with Crippen molar-refractivity contribution in [3.05, 3.63) is 28.2 Å². The monoisotopic (exact) mass is 353 g/mol. The summed E-state index contributed by atoms with van der Waals surface area (Å²) in [5, 5.41) is 22.9. The number of benzene rings is 1. The van der Waals surface area contributed by atoms with Crippen molar-refractivity contribution in [1.82, 2.24) is 5.32 Å². The first-order valence-electron chi connectivity index (χ1n) is 6.45. The minimum Gasteiger partial charge on any atom is -0.481 e. The van der Waals surface area contributed by atoms with Crippen LogP contribution in [-0.2, 0) is 4.79 Å². The molecule has 1 rings (SSSR count). The van der Waals surface area contributed by atoms with Crippen molar-refractivity contribution in [2.24, 2.45) is 5.92 Å². The number of anilines is 1. The number of hydrogen-bond donors (Lipinski definition) is 3. The molecule has 21 heavy (non-hydrogen) atoms. The van der Waals surface area contributed by atoms with Gasteiger partial charge in [-0.1, -0.05) is 13.3 Å². The Kier molecular flexibility index (Phi) is 6.69. The molecule has 1 aromatic carbocycles. The molecule has 0 aliphatic carbocycles. The maximum Gasteiger partial charge on any atom is 0.319 e. The van der Waals surface area contributed by atoms with Crippen molar-refractivity contribution < 1.29 is 14.7 Å². The standard InChI is InChI=1S/C14H16BrN3O3/c1-2-3-10(13(19)20)8-17-14(21)18-12-5-4-9(7-16)6-11(12)15/h4-6,10H,2-3,8H2,1H3,(H,19,20)(H2,17,18,21). The average Bonchev–Trinajstić information content (AvgIpc) is 2.45. The highest BCUT2D eigenvalue weighted by molar-refractivity contribution is 9.10. The zero-order valence-electron chi connectivity index (χ0n) is 11.5. The number of halogens is 1. The predicted molar refractivity (Wildman–Crippen MR) is 81.9 cm³/mol. The predicted octanol–water partition coefficient (Wildman–Crippen LogP) is 2.94. The number of hydrogen-bond acceptors (Lipinski definition) is 3. The Balaban J connectivity index is 2.58. The van der Waals surface area contributed by atoms with Gasteiger partial charge in [0.1, 0.15) is 0 Å². The third-order valence-electron chi connectivity index (χ3n) is 2.84. The number of carboxylic acid groups (broad SMARTS) is 1. The van der Waals surface area contributed by atoms with Crippen LogP contribution in [0.1, 0.15) is 25.3 Å². The summed E-state index contributed by atoms with van der Waals surface area (Å²) in [4.78, 5) is 22.7. The first kappa shape index (κ1) is 17.0. The van der Waals surface area contributed by atoms with Gasteiger partial charge in [0.05, 0.1) is 23.2 Å². The summed E-state index contributed by atoms with van der Waals surface area (Å²) in [5.74, 6) is -1.51. The van der Waals surface area contributed by atoms with E-state index in [0.717, 1.165) is 6.42 Å². The van der Waals surface area contributed by atoms with Crippen LogP contribution in [0.15, 0.2) is 22.7 Å². The SMILES string of the molecule is CCCC(CNC(=O)Nc1ccc(C#N)cc1Br)C(=O)O. The van der Waals surface area contributed by atoms with Crippen LogP contribution in [0.25, 0.3) is 0 Å². The Morgan fingerprint density at radius 1 is 1.48 bits per heavy atom. The number of urea groups is 1. The van der Waals surface area contributed by atoms with E-state index in [4.69, 9.17) is 10.4 Å². The molecule has 0 aliphatic heterocycles.